The number of hydrogen-bond donors (Lipinski definition) is 2. The SMILES string of the molecule is Cc1nnc([C@H]2CN(C(=O)NCc3ccccc3)C[C@@H]2CNC(=O)c2ccccc2)o1. The van der Waals surface area contributed by atoms with E-state index in [9.17, 15) is 9.59 Å². The molecule has 2 N–H and O–H groups in total. The predicted molar refractivity (Wildman–Crippen MR) is 114 cm³/mol. The van der Waals surface area contributed by atoms with Gasteiger partial charge in [-0.1, -0.05) is 48.5 Å². The lowest BCUT2D eigenvalue weighted by Gasteiger charge is -2.17. The lowest BCUT2D eigenvalue weighted by Crippen LogP contribution is -2.39. The van der Waals surface area contributed by atoms with Crippen LogP contribution in [0.3, 0.4) is 0 Å². The number of aromatic nitrogens is 2. The van der Waals surface area contributed by atoms with Crippen LogP contribution in [-0.2, 0) is 6.54 Å². The van der Waals surface area contributed by atoms with Crippen LogP contribution in [0.15, 0.2) is 65.1 Å². The summed E-state index contributed by atoms with van der Waals surface area (Å²) in [6.45, 7) is 3.54. The van der Waals surface area contributed by atoms with Crippen LogP contribution < -0.4 is 10.6 Å². The van der Waals surface area contributed by atoms with Crippen molar-refractivity contribution in [2.75, 3.05) is 19.6 Å². The highest BCUT2D eigenvalue weighted by molar-refractivity contribution is 5.94. The summed E-state index contributed by atoms with van der Waals surface area (Å²) in [4.78, 5) is 27.0. The van der Waals surface area contributed by atoms with Crippen LogP contribution in [0.4, 0.5) is 4.79 Å². The summed E-state index contributed by atoms with van der Waals surface area (Å²) in [6, 6.07) is 18.7. The highest BCUT2D eigenvalue weighted by Crippen LogP contribution is 2.31. The summed E-state index contributed by atoms with van der Waals surface area (Å²) in [7, 11) is 0. The van der Waals surface area contributed by atoms with Gasteiger partial charge in [-0.2, -0.15) is 0 Å². The molecule has 8 heteroatoms. The van der Waals surface area contributed by atoms with E-state index in [1.165, 1.54) is 0 Å². The van der Waals surface area contributed by atoms with E-state index in [0.717, 1.165) is 5.56 Å². The van der Waals surface area contributed by atoms with Gasteiger partial charge >= 0.3 is 6.03 Å². The van der Waals surface area contributed by atoms with Gasteiger partial charge in [-0.25, -0.2) is 4.79 Å². The number of urea groups is 1. The van der Waals surface area contributed by atoms with Gasteiger partial charge in [0, 0.05) is 44.6 Å². The number of nitrogens with zero attached hydrogens (tertiary/aromatic N) is 3. The summed E-state index contributed by atoms with van der Waals surface area (Å²) in [6.07, 6.45) is 0. The van der Waals surface area contributed by atoms with Crippen LogP contribution in [0, 0.1) is 12.8 Å². The quantitative estimate of drug-likeness (QED) is 0.640. The standard InChI is InChI=1S/C23H25N5O3/c1-16-26-27-22(31-16)20-15-28(23(30)25-12-17-8-4-2-5-9-17)14-19(20)13-24-21(29)18-10-6-3-7-11-18/h2-11,19-20H,12-15H2,1H3,(H,24,29)(H,25,30)/t19-,20-/m0/s1. The number of amides is 3. The third-order valence-corrected chi connectivity index (χ3v) is 5.43. The van der Waals surface area contributed by atoms with Gasteiger partial charge in [0.2, 0.25) is 11.8 Å². The van der Waals surface area contributed by atoms with Gasteiger partial charge in [0.05, 0.1) is 5.92 Å². The maximum atomic E-state index is 12.8. The van der Waals surface area contributed by atoms with Crippen molar-refractivity contribution < 1.29 is 14.0 Å². The highest BCUT2D eigenvalue weighted by Gasteiger charge is 2.39. The average Bonchev–Trinajstić information content (AvgIpc) is 3.43. The zero-order chi connectivity index (χ0) is 21.6. The Labute approximate surface area is 180 Å². The molecule has 1 aromatic heterocycles. The molecule has 160 valence electrons. The van der Waals surface area contributed by atoms with E-state index >= 15 is 0 Å². The normalized spacial score (nSPS) is 18.0. The fourth-order valence-corrected chi connectivity index (χ4v) is 3.79. The van der Waals surface area contributed by atoms with Crippen LogP contribution in [0.25, 0.3) is 0 Å². The van der Waals surface area contributed by atoms with Gasteiger partial charge in [-0.3, -0.25) is 4.79 Å². The fourth-order valence-electron chi connectivity index (χ4n) is 3.79. The predicted octanol–water partition coefficient (Wildman–Crippen LogP) is 2.73. The molecule has 1 fully saturated rings. The highest BCUT2D eigenvalue weighted by atomic mass is 16.4. The molecular formula is C23H25N5O3. The largest absolute Gasteiger partial charge is 0.425 e. The monoisotopic (exact) mass is 419 g/mol. The van der Waals surface area contributed by atoms with Crippen molar-refractivity contribution in [3.8, 4) is 0 Å². The zero-order valence-corrected chi connectivity index (χ0v) is 17.3. The van der Waals surface area contributed by atoms with Gasteiger partial charge in [-0.05, 0) is 17.7 Å². The minimum Gasteiger partial charge on any atom is -0.425 e. The van der Waals surface area contributed by atoms with Crippen molar-refractivity contribution >= 4 is 11.9 Å². The molecule has 2 aromatic carbocycles. The number of nitrogens with one attached hydrogen (secondary N) is 2. The van der Waals surface area contributed by atoms with Crippen molar-refractivity contribution in [1.29, 1.82) is 0 Å². The lowest BCUT2D eigenvalue weighted by atomic mass is 9.96. The molecule has 8 nitrogen and oxygen atoms in total. The van der Waals surface area contributed by atoms with Gasteiger partial charge in [0.25, 0.3) is 5.91 Å². The number of carbonyl (C=O) groups excluding carboxylic acids is 2. The first-order valence-corrected chi connectivity index (χ1v) is 10.3. The van der Waals surface area contributed by atoms with E-state index in [-0.39, 0.29) is 23.8 Å². The Morgan fingerprint density at radius 1 is 1.00 bits per heavy atom. The number of likely N-dealkylation sites (tertiary alicyclic amines) is 1. The van der Waals surface area contributed by atoms with Crippen LogP contribution in [0.1, 0.15) is 33.6 Å². The number of benzene rings is 2. The molecule has 1 saturated heterocycles. The van der Waals surface area contributed by atoms with E-state index in [4.69, 9.17) is 4.42 Å². The van der Waals surface area contributed by atoms with Crippen molar-refractivity contribution in [3.63, 3.8) is 0 Å². The summed E-state index contributed by atoms with van der Waals surface area (Å²) >= 11 is 0. The molecule has 0 spiro atoms. The first-order valence-electron chi connectivity index (χ1n) is 10.3. The second-order valence-electron chi connectivity index (χ2n) is 7.65. The Kier molecular flexibility index (Phi) is 6.26. The smallest absolute Gasteiger partial charge is 0.317 e. The topological polar surface area (TPSA) is 100 Å². The van der Waals surface area contributed by atoms with E-state index in [1.54, 1.807) is 24.0 Å². The molecule has 2 atom stereocenters. The lowest BCUT2D eigenvalue weighted by molar-refractivity contribution is 0.0946. The van der Waals surface area contributed by atoms with Gasteiger partial charge in [-0.15, -0.1) is 10.2 Å². The molecule has 1 aliphatic heterocycles. The third kappa shape index (κ3) is 5.09. The molecule has 0 aliphatic carbocycles. The summed E-state index contributed by atoms with van der Waals surface area (Å²) in [5.74, 6) is 0.659. The maximum absolute atomic E-state index is 12.8. The molecule has 0 bridgehead atoms. The van der Waals surface area contributed by atoms with E-state index in [2.05, 4.69) is 20.8 Å². The summed E-state index contributed by atoms with van der Waals surface area (Å²) < 4.78 is 5.65. The zero-order valence-electron chi connectivity index (χ0n) is 17.3. The van der Waals surface area contributed by atoms with Crippen LogP contribution in [0.5, 0.6) is 0 Å². The number of hydrogen-bond acceptors (Lipinski definition) is 5. The van der Waals surface area contributed by atoms with Crippen molar-refractivity contribution in [3.05, 3.63) is 83.6 Å². The molecule has 4 rings (SSSR count). The van der Waals surface area contributed by atoms with Gasteiger partial charge in [0.15, 0.2) is 0 Å². The molecule has 3 amide bonds. The van der Waals surface area contributed by atoms with Gasteiger partial charge < -0.3 is 20.0 Å². The third-order valence-electron chi connectivity index (χ3n) is 5.43. The van der Waals surface area contributed by atoms with Gasteiger partial charge in [0.1, 0.15) is 0 Å². The maximum Gasteiger partial charge on any atom is 0.317 e. The Balaban J connectivity index is 1.41. The number of carbonyl (C=O) groups is 2. The van der Waals surface area contributed by atoms with E-state index in [1.807, 2.05) is 48.5 Å². The first-order chi connectivity index (χ1) is 15.1. The summed E-state index contributed by atoms with van der Waals surface area (Å²) in [5.41, 5.74) is 1.63. The molecule has 2 heterocycles. The molecular weight excluding hydrogens is 394 g/mol. The van der Waals surface area contributed by atoms with E-state index < -0.39 is 0 Å². The van der Waals surface area contributed by atoms with Crippen molar-refractivity contribution in [2.24, 2.45) is 5.92 Å². The Bertz CT molecular complexity index is 1020. The average molecular weight is 419 g/mol. The Morgan fingerprint density at radius 3 is 2.39 bits per heavy atom. The summed E-state index contributed by atoms with van der Waals surface area (Å²) in [5, 5.41) is 14.0. The molecule has 1 aliphatic rings. The minimum absolute atomic E-state index is 0.0324. The second kappa shape index (κ2) is 9.42. The van der Waals surface area contributed by atoms with Crippen molar-refractivity contribution in [2.45, 2.75) is 19.4 Å². The second-order valence-corrected chi connectivity index (χ2v) is 7.65. The molecule has 0 saturated carbocycles. The van der Waals surface area contributed by atoms with E-state index in [0.29, 0.717) is 43.5 Å². The van der Waals surface area contributed by atoms with Crippen molar-refractivity contribution in [1.82, 2.24) is 25.7 Å². The number of rotatable bonds is 6. The first kappa shape index (κ1) is 20.6. The molecule has 0 radical (unpaired) electrons. The molecule has 3 aromatic rings. The fraction of sp³-hybridized carbons (Fsp3) is 0.304. The van der Waals surface area contributed by atoms with Crippen LogP contribution in [0.2, 0.25) is 0 Å². The number of aryl methyl sites for hydroxylation is 1. The van der Waals surface area contributed by atoms with Crippen LogP contribution in [-0.4, -0.2) is 46.7 Å². The Morgan fingerprint density at radius 2 is 1.71 bits per heavy atom. The minimum atomic E-state index is -0.151. The molecule has 0 unspecified atom stereocenters. The van der Waals surface area contributed by atoms with Crippen LogP contribution >= 0.6 is 0 Å². The molecule has 31 heavy (non-hydrogen) atoms. The Hall–Kier alpha value is -3.68.